The summed E-state index contributed by atoms with van der Waals surface area (Å²) >= 11 is 0. The van der Waals surface area contributed by atoms with Gasteiger partial charge in [-0.25, -0.2) is 19.6 Å². The Balaban J connectivity index is 1.17. The van der Waals surface area contributed by atoms with Crippen LogP contribution in [-0.4, -0.2) is 134 Å². The van der Waals surface area contributed by atoms with Crippen LogP contribution in [-0.2, 0) is 28.5 Å². The van der Waals surface area contributed by atoms with Gasteiger partial charge in [-0.1, -0.05) is 58.0 Å². The summed E-state index contributed by atoms with van der Waals surface area (Å²) in [5.41, 5.74) is 6.71. The lowest BCUT2D eigenvalue weighted by molar-refractivity contribution is -0.138. The van der Waals surface area contributed by atoms with Crippen molar-refractivity contribution in [3.05, 3.63) is 72.4 Å². The molecule has 3 aromatic carbocycles. The van der Waals surface area contributed by atoms with Gasteiger partial charge in [-0.2, -0.15) is 0 Å². The Morgan fingerprint density at radius 2 is 1.17 bits per heavy atom. The number of carbonyl (C=O) groups excluding carboxylic acids is 4. The first-order valence-electron chi connectivity index (χ1n) is 23.7. The number of carbonyl (C=O) groups is 4. The van der Waals surface area contributed by atoms with Crippen molar-refractivity contribution >= 4 is 35.0 Å². The monoisotopic (exact) mass is 950 g/mol. The largest absolute Gasteiger partial charge is 0.487 e. The van der Waals surface area contributed by atoms with Crippen LogP contribution in [0.1, 0.15) is 83.5 Å². The zero-order chi connectivity index (χ0) is 49.2. The van der Waals surface area contributed by atoms with Gasteiger partial charge in [0.1, 0.15) is 36.9 Å². The minimum absolute atomic E-state index is 0.133. The van der Waals surface area contributed by atoms with Crippen LogP contribution in [0.4, 0.5) is 9.59 Å². The van der Waals surface area contributed by atoms with Gasteiger partial charge in [-0.3, -0.25) is 9.59 Å². The molecule has 0 aliphatic carbocycles. The second-order valence-electron chi connectivity index (χ2n) is 18.1. The summed E-state index contributed by atoms with van der Waals surface area (Å²) in [6.45, 7) is 9.88. The van der Waals surface area contributed by atoms with E-state index in [2.05, 4.69) is 38.8 Å². The van der Waals surface area contributed by atoms with Crippen LogP contribution in [0.15, 0.2) is 60.8 Å². The van der Waals surface area contributed by atoms with E-state index in [9.17, 15) is 19.2 Å². The second-order valence-corrected chi connectivity index (χ2v) is 18.1. The molecular weight excluding hydrogens is 885 g/mol. The number of H-pyrrole nitrogens is 2. The van der Waals surface area contributed by atoms with E-state index in [0.29, 0.717) is 67.1 Å². The van der Waals surface area contributed by atoms with Gasteiger partial charge in [0, 0.05) is 38.4 Å². The highest BCUT2D eigenvalue weighted by molar-refractivity contribution is 5.88. The van der Waals surface area contributed by atoms with E-state index in [4.69, 9.17) is 38.4 Å². The smallest absolute Gasteiger partial charge is 0.407 e. The number of benzene rings is 3. The van der Waals surface area contributed by atoms with Gasteiger partial charge in [-0.05, 0) is 84.9 Å². The molecule has 0 unspecified atom stereocenters. The molecule has 69 heavy (non-hydrogen) atoms. The first-order chi connectivity index (χ1) is 33.4. The van der Waals surface area contributed by atoms with Crippen molar-refractivity contribution in [2.75, 3.05) is 68.0 Å². The Labute approximate surface area is 403 Å². The van der Waals surface area contributed by atoms with E-state index in [-0.39, 0.29) is 48.9 Å². The highest BCUT2D eigenvalue weighted by Crippen LogP contribution is 2.46. The number of likely N-dealkylation sites (tertiary alicyclic amines) is 2. The predicted octanol–water partition coefficient (Wildman–Crippen LogP) is 7.82. The minimum Gasteiger partial charge on any atom is -0.487 e. The maximum Gasteiger partial charge on any atom is 0.407 e. The van der Waals surface area contributed by atoms with Crippen LogP contribution in [0.2, 0.25) is 0 Å². The summed E-state index contributed by atoms with van der Waals surface area (Å²) in [5.74, 6) is 1.73. The molecule has 0 bridgehead atoms. The minimum atomic E-state index is -0.758. The van der Waals surface area contributed by atoms with Crippen molar-refractivity contribution in [1.82, 2.24) is 40.4 Å². The molecule has 4 heterocycles. The third-order valence-corrected chi connectivity index (χ3v) is 12.8. The molecule has 0 spiro atoms. The summed E-state index contributed by atoms with van der Waals surface area (Å²) in [7, 11) is 5.81. The molecule has 4 amide bonds. The van der Waals surface area contributed by atoms with Gasteiger partial charge in [0.25, 0.3) is 0 Å². The number of aromatic amines is 2. The number of piperidine rings is 1. The third kappa shape index (κ3) is 11.5. The van der Waals surface area contributed by atoms with Crippen LogP contribution in [0.5, 0.6) is 11.5 Å². The molecule has 18 nitrogen and oxygen atoms in total. The van der Waals surface area contributed by atoms with Crippen molar-refractivity contribution in [1.29, 1.82) is 0 Å². The van der Waals surface area contributed by atoms with E-state index in [1.807, 2.05) is 73.9 Å². The molecule has 7 rings (SSSR count). The number of hydrogen-bond acceptors (Lipinski definition) is 12. The summed E-state index contributed by atoms with van der Waals surface area (Å²) in [4.78, 5) is 72.5. The lowest BCUT2D eigenvalue weighted by Crippen LogP contribution is -2.53. The van der Waals surface area contributed by atoms with Gasteiger partial charge in [0.2, 0.25) is 11.8 Å². The molecule has 2 aromatic heterocycles. The summed E-state index contributed by atoms with van der Waals surface area (Å²) < 4.78 is 33.4. The molecule has 0 saturated carbocycles. The molecule has 2 saturated heterocycles. The number of ether oxygens (including phenoxy) is 6. The number of amides is 4. The van der Waals surface area contributed by atoms with Crippen molar-refractivity contribution in [2.45, 2.75) is 84.0 Å². The molecule has 4 atom stereocenters. The average molecular weight is 951 g/mol. The topological polar surface area (TPSA) is 212 Å². The summed E-state index contributed by atoms with van der Waals surface area (Å²) in [6.07, 6.45) is 4.49. The number of hydrogen-bond donors (Lipinski definition) is 4. The van der Waals surface area contributed by atoms with E-state index in [1.54, 1.807) is 20.4 Å². The highest BCUT2D eigenvalue weighted by atomic mass is 16.6. The standard InChI is InChI=1S/C51H66N8O10/c1-30(2)42(56-50(62)66-7)48(60)58-22-10-9-12-40(58)46-52-29-39(55-46)36-20-19-35(44(68-26-24-64-5)45(36)69-27-25-65-6)33-16-14-32(15-17-33)34-18-21-37-38(28-34)54-47(53-37)41-13-11-23-59(41)49(61)43(31(3)4)57-51(63)67-8/h14-21,28-31,40-43H,9-13,22-27H2,1-8H3,(H,52,55)(H,53,54)(H,56,62)(H,57,63)/t40-,41-,42-,43-/m0/s1. The molecule has 2 aliphatic heterocycles. The first-order valence-corrected chi connectivity index (χ1v) is 23.7. The van der Waals surface area contributed by atoms with E-state index >= 15 is 0 Å². The average Bonchev–Trinajstić information content (AvgIpc) is 4.15. The number of alkyl carbamates (subject to hydrolysis) is 2. The van der Waals surface area contributed by atoms with Crippen LogP contribution in [0.25, 0.3) is 44.5 Å². The molecule has 2 fully saturated rings. The lowest BCUT2D eigenvalue weighted by Gasteiger charge is -2.37. The van der Waals surface area contributed by atoms with Crippen LogP contribution in [0, 0.1) is 11.8 Å². The van der Waals surface area contributed by atoms with Gasteiger partial charge in [0.15, 0.2) is 11.5 Å². The van der Waals surface area contributed by atoms with E-state index < -0.39 is 24.3 Å². The number of nitrogens with zero attached hydrogens (tertiary/aromatic N) is 4. The highest BCUT2D eigenvalue weighted by Gasteiger charge is 2.39. The van der Waals surface area contributed by atoms with Gasteiger partial charge >= 0.3 is 12.2 Å². The quantitative estimate of drug-likeness (QED) is 0.0584. The summed E-state index contributed by atoms with van der Waals surface area (Å²) in [5, 5.41) is 5.44. The van der Waals surface area contributed by atoms with Gasteiger partial charge < -0.3 is 58.8 Å². The van der Waals surface area contributed by atoms with Crippen LogP contribution >= 0.6 is 0 Å². The first kappa shape index (κ1) is 50.2. The number of rotatable bonds is 19. The zero-order valence-corrected chi connectivity index (χ0v) is 40.9. The Kier molecular flexibility index (Phi) is 16.8. The fourth-order valence-corrected chi connectivity index (χ4v) is 9.15. The Morgan fingerprint density at radius 3 is 1.77 bits per heavy atom. The Morgan fingerprint density at radius 1 is 0.638 bits per heavy atom. The van der Waals surface area contributed by atoms with E-state index in [0.717, 1.165) is 59.0 Å². The zero-order valence-electron chi connectivity index (χ0n) is 40.9. The number of aromatic nitrogens is 4. The van der Waals surface area contributed by atoms with Crippen molar-refractivity contribution in [3.63, 3.8) is 0 Å². The van der Waals surface area contributed by atoms with Crippen molar-refractivity contribution in [2.24, 2.45) is 11.8 Å². The molecular formula is C51H66N8O10. The molecule has 5 aromatic rings. The molecule has 0 radical (unpaired) electrons. The van der Waals surface area contributed by atoms with Crippen molar-refractivity contribution < 1.29 is 47.6 Å². The summed E-state index contributed by atoms with van der Waals surface area (Å²) in [6, 6.07) is 16.2. The number of methoxy groups -OCH3 is 4. The fourth-order valence-electron chi connectivity index (χ4n) is 9.15. The van der Waals surface area contributed by atoms with Gasteiger partial charge in [-0.15, -0.1) is 0 Å². The molecule has 4 N–H and O–H groups in total. The number of imidazole rings is 2. The third-order valence-electron chi connectivity index (χ3n) is 12.8. The fraction of sp³-hybridized carbons (Fsp3) is 0.490. The lowest BCUT2D eigenvalue weighted by atomic mass is 9.97. The van der Waals surface area contributed by atoms with Gasteiger partial charge in [0.05, 0.1) is 62.4 Å². The second kappa shape index (κ2) is 23.1. The predicted molar refractivity (Wildman–Crippen MR) is 260 cm³/mol. The molecule has 370 valence electrons. The maximum absolute atomic E-state index is 14.0. The Hall–Kier alpha value is -6.66. The number of fused-ring (bicyclic) bond motifs is 1. The normalized spacial score (nSPS) is 17.0. The molecule has 18 heteroatoms. The SMILES string of the molecule is COCCOc1c(-c2ccc(-c3ccc4nc([C@@H]5CCCN5C(=O)[C@@H](NC(=O)OC)C(C)C)[nH]c4c3)cc2)ccc(-c2cnc([C@@H]3CCCCN3C(=O)[C@@H](NC(=O)OC)C(C)C)[nH]2)c1OCCOC. The van der Waals surface area contributed by atoms with Crippen LogP contribution in [0.3, 0.4) is 0 Å². The maximum atomic E-state index is 14.0. The van der Waals surface area contributed by atoms with Crippen molar-refractivity contribution in [3.8, 4) is 45.0 Å². The van der Waals surface area contributed by atoms with E-state index in [1.165, 1.54) is 14.2 Å². The molecule has 2 aliphatic rings. The van der Waals surface area contributed by atoms with Crippen LogP contribution < -0.4 is 20.1 Å². The number of nitrogens with one attached hydrogen (secondary N) is 4. The Bertz CT molecular complexity index is 2560.